The van der Waals surface area contributed by atoms with Gasteiger partial charge in [0.2, 0.25) is 5.91 Å². The van der Waals surface area contributed by atoms with Crippen molar-refractivity contribution < 1.29 is 17.9 Å². The van der Waals surface area contributed by atoms with Crippen LogP contribution in [-0.2, 0) is 21.5 Å². The molecule has 1 atom stereocenters. The molecule has 0 saturated carbocycles. The van der Waals surface area contributed by atoms with E-state index < -0.39 is 16.1 Å². The van der Waals surface area contributed by atoms with Gasteiger partial charge in [-0.3, -0.25) is 9.69 Å². The van der Waals surface area contributed by atoms with Gasteiger partial charge in [0, 0.05) is 52.7 Å². The van der Waals surface area contributed by atoms with Crippen LogP contribution in [0.25, 0.3) is 0 Å². The number of primary amides is 1. The average Bonchev–Trinajstić information content (AvgIpc) is 2.56. The SMILES string of the molecule is COc1ccc(CN2CCN(S(=O)(=O)N(C)C)CC2CC(N)=O)cc1Cl. The third-order valence-electron chi connectivity index (χ3n) is 4.39. The van der Waals surface area contributed by atoms with Crippen LogP contribution in [0, 0.1) is 0 Å². The summed E-state index contributed by atoms with van der Waals surface area (Å²) in [7, 11) is 1.000. The van der Waals surface area contributed by atoms with Crippen molar-refractivity contribution in [3.05, 3.63) is 28.8 Å². The van der Waals surface area contributed by atoms with Crippen LogP contribution in [-0.4, -0.2) is 74.7 Å². The van der Waals surface area contributed by atoms with Crippen LogP contribution < -0.4 is 10.5 Å². The molecule has 26 heavy (non-hydrogen) atoms. The van der Waals surface area contributed by atoms with Gasteiger partial charge in [-0.15, -0.1) is 0 Å². The summed E-state index contributed by atoms with van der Waals surface area (Å²) in [5.74, 6) is 0.128. The first kappa shape index (κ1) is 20.9. The number of methoxy groups -OCH3 is 1. The molecule has 0 spiro atoms. The van der Waals surface area contributed by atoms with Crippen LogP contribution >= 0.6 is 11.6 Å². The molecule has 10 heteroatoms. The monoisotopic (exact) mass is 404 g/mol. The van der Waals surface area contributed by atoms with E-state index in [2.05, 4.69) is 4.90 Å². The maximum atomic E-state index is 12.4. The Morgan fingerprint density at radius 3 is 2.62 bits per heavy atom. The lowest BCUT2D eigenvalue weighted by molar-refractivity contribution is -0.119. The highest BCUT2D eigenvalue weighted by molar-refractivity contribution is 7.86. The zero-order valence-corrected chi connectivity index (χ0v) is 16.8. The first-order valence-corrected chi connectivity index (χ1v) is 9.95. The Kier molecular flexibility index (Phi) is 6.86. The van der Waals surface area contributed by atoms with E-state index in [4.69, 9.17) is 22.1 Å². The van der Waals surface area contributed by atoms with Gasteiger partial charge in [0.25, 0.3) is 10.2 Å². The van der Waals surface area contributed by atoms with Gasteiger partial charge in [-0.1, -0.05) is 17.7 Å². The zero-order valence-electron chi connectivity index (χ0n) is 15.2. The molecule has 1 saturated heterocycles. The largest absolute Gasteiger partial charge is 0.495 e. The van der Waals surface area contributed by atoms with Crippen molar-refractivity contribution in [2.45, 2.75) is 19.0 Å². The number of nitrogens with two attached hydrogens (primary N) is 1. The number of benzene rings is 1. The first-order chi connectivity index (χ1) is 12.1. The number of carbonyl (C=O) groups is 1. The Morgan fingerprint density at radius 1 is 1.38 bits per heavy atom. The van der Waals surface area contributed by atoms with Gasteiger partial charge < -0.3 is 10.5 Å². The number of nitrogens with zero attached hydrogens (tertiary/aromatic N) is 3. The van der Waals surface area contributed by atoms with Gasteiger partial charge in [0.1, 0.15) is 5.75 Å². The van der Waals surface area contributed by atoms with Gasteiger partial charge >= 0.3 is 0 Å². The van der Waals surface area contributed by atoms with Gasteiger partial charge in [0.05, 0.1) is 12.1 Å². The number of hydrogen-bond acceptors (Lipinski definition) is 5. The lowest BCUT2D eigenvalue weighted by Gasteiger charge is -2.41. The standard InChI is InChI=1S/C16H25ClN4O4S/c1-19(2)26(23,24)21-7-6-20(13(11-21)9-16(18)22)10-12-4-5-15(25-3)14(17)8-12/h4-5,8,13H,6-7,9-11H2,1-3H3,(H2,18,22). The number of piperazine rings is 1. The second-order valence-corrected chi connectivity index (χ2v) is 8.96. The summed E-state index contributed by atoms with van der Waals surface area (Å²) in [6.07, 6.45) is 0.0866. The van der Waals surface area contributed by atoms with E-state index in [1.807, 2.05) is 12.1 Å². The van der Waals surface area contributed by atoms with Crippen molar-refractivity contribution in [1.29, 1.82) is 0 Å². The fraction of sp³-hybridized carbons (Fsp3) is 0.562. The summed E-state index contributed by atoms with van der Waals surface area (Å²) < 4.78 is 32.5. The lowest BCUT2D eigenvalue weighted by Crippen LogP contribution is -2.57. The van der Waals surface area contributed by atoms with E-state index in [-0.39, 0.29) is 19.0 Å². The molecule has 8 nitrogen and oxygen atoms in total. The van der Waals surface area contributed by atoms with Crippen molar-refractivity contribution in [3.8, 4) is 5.75 Å². The molecule has 2 rings (SSSR count). The summed E-state index contributed by atoms with van der Waals surface area (Å²) in [5, 5.41) is 0.505. The van der Waals surface area contributed by atoms with Crippen molar-refractivity contribution in [1.82, 2.24) is 13.5 Å². The molecule has 1 aromatic rings. The topological polar surface area (TPSA) is 96.2 Å². The molecular weight excluding hydrogens is 380 g/mol. The third-order valence-corrected chi connectivity index (χ3v) is 6.60. The first-order valence-electron chi connectivity index (χ1n) is 8.17. The van der Waals surface area contributed by atoms with E-state index in [0.29, 0.717) is 30.4 Å². The van der Waals surface area contributed by atoms with Crippen LogP contribution in [0.1, 0.15) is 12.0 Å². The molecule has 0 radical (unpaired) electrons. The van der Waals surface area contributed by atoms with Crippen molar-refractivity contribution in [2.24, 2.45) is 5.73 Å². The molecule has 2 N–H and O–H groups in total. The molecule has 1 aromatic carbocycles. The van der Waals surface area contributed by atoms with Gasteiger partial charge in [0.15, 0.2) is 0 Å². The average molecular weight is 405 g/mol. The highest BCUT2D eigenvalue weighted by Crippen LogP contribution is 2.27. The summed E-state index contributed by atoms with van der Waals surface area (Å²) in [4.78, 5) is 13.5. The Balaban J connectivity index is 2.17. The predicted molar refractivity (Wildman–Crippen MR) is 100 cm³/mol. The van der Waals surface area contributed by atoms with Crippen LogP contribution in [0.2, 0.25) is 5.02 Å². The second kappa shape index (κ2) is 8.53. The maximum absolute atomic E-state index is 12.4. The second-order valence-electron chi connectivity index (χ2n) is 6.41. The molecule has 1 fully saturated rings. The number of halogens is 1. The molecule has 0 aliphatic carbocycles. The molecule has 0 bridgehead atoms. The molecule has 1 amide bonds. The summed E-state index contributed by atoms with van der Waals surface area (Å²) in [6, 6.07) is 5.20. The molecule has 146 valence electrons. The summed E-state index contributed by atoms with van der Waals surface area (Å²) >= 11 is 6.18. The summed E-state index contributed by atoms with van der Waals surface area (Å²) in [6.45, 7) is 1.60. The highest BCUT2D eigenvalue weighted by atomic mass is 35.5. The van der Waals surface area contributed by atoms with E-state index in [1.54, 1.807) is 13.2 Å². The molecular formula is C16H25ClN4O4S. The van der Waals surface area contributed by atoms with E-state index in [9.17, 15) is 13.2 Å². The quantitative estimate of drug-likeness (QED) is 0.714. The van der Waals surface area contributed by atoms with E-state index >= 15 is 0 Å². The molecule has 1 aliphatic rings. The van der Waals surface area contributed by atoms with Crippen LogP contribution in [0.5, 0.6) is 5.75 Å². The normalized spacial score (nSPS) is 19.7. The van der Waals surface area contributed by atoms with Crippen molar-refractivity contribution in [2.75, 3.05) is 40.8 Å². The Morgan fingerprint density at radius 2 is 2.08 bits per heavy atom. The van der Waals surface area contributed by atoms with Crippen molar-refractivity contribution in [3.63, 3.8) is 0 Å². The van der Waals surface area contributed by atoms with Gasteiger partial charge in [-0.05, 0) is 17.7 Å². The van der Waals surface area contributed by atoms with E-state index in [0.717, 1.165) is 5.56 Å². The molecule has 1 heterocycles. The molecule has 0 aromatic heterocycles. The Bertz CT molecular complexity index is 757. The van der Waals surface area contributed by atoms with Crippen LogP contribution in [0.3, 0.4) is 0 Å². The smallest absolute Gasteiger partial charge is 0.281 e. The fourth-order valence-electron chi connectivity index (χ4n) is 2.98. The minimum absolute atomic E-state index is 0.0866. The fourth-order valence-corrected chi connectivity index (χ4v) is 4.40. The van der Waals surface area contributed by atoms with Crippen LogP contribution in [0.4, 0.5) is 0 Å². The molecule has 1 aliphatic heterocycles. The number of amides is 1. The third kappa shape index (κ3) is 4.86. The Labute approximate surface area is 159 Å². The van der Waals surface area contributed by atoms with Crippen molar-refractivity contribution >= 4 is 27.7 Å². The number of carbonyl (C=O) groups excluding carboxylic acids is 1. The predicted octanol–water partition coefficient (Wildman–Crippen LogP) is 0.517. The van der Waals surface area contributed by atoms with Gasteiger partial charge in [-0.2, -0.15) is 17.0 Å². The molecule has 1 unspecified atom stereocenters. The number of rotatable bonds is 7. The van der Waals surface area contributed by atoms with Crippen LogP contribution in [0.15, 0.2) is 18.2 Å². The maximum Gasteiger partial charge on any atom is 0.281 e. The van der Waals surface area contributed by atoms with E-state index in [1.165, 1.54) is 22.7 Å². The van der Waals surface area contributed by atoms with Gasteiger partial charge in [-0.25, -0.2) is 0 Å². The lowest BCUT2D eigenvalue weighted by atomic mass is 10.1. The highest BCUT2D eigenvalue weighted by Gasteiger charge is 2.35. The zero-order chi connectivity index (χ0) is 19.5. The number of ether oxygens (including phenoxy) is 1. The minimum atomic E-state index is -3.53. The minimum Gasteiger partial charge on any atom is -0.495 e. The Hall–Kier alpha value is -1.39. The summed E-state index contributed by atoms with van der Waals surface area (Å²) in [5.41, 5.74) is 6.33. The number of hydrogen-bond donors (Lipinski definition) is 1.